The summed E-state index contributed by atoms with van der Waals surface area (Å²) in [5.74, 6) is -0.182. The van der Waals surface area contributed by atoms with Gasteiger partial charge in [-0.05, 0) is 24.4 Å². The molecule has 0 bridgehead atoms. The number of primary amides is 1. The molecule has 0 saturated carbocycles. The third-order valence-electron chi connectivity index (χ3n) is 2.92. The molecule has 7 heteroatoms. The lowest BCUT2D eigenvalue weighted by atomic mass is 9.97. The molecule has 1 aromatic rings. The monoisotopic (exact) mass is 251 g/mol. The van der Waals surface area contributed by atoms with Crippen LogP contribution in [0.1, 0.15) is 18.4 Å². The summed E-state index contributed by atoms with van der Waals surface area (Å²) in [7, 11) is 0. The molecule has 2 heterocycles. The van der Waals surface area contributed by atoms with E-state index in [0.29, 0.717) is 12.1 Å². The van der Waals surface area contributed by atoms with Crippen molar-refractivity contribution in [3.8, 4) is 6.07 Å². The van der Waals surface area contributed by atoms with E-state index in [9.17, 15) is 4.79 Å². The quantitative estimate of drug-likeness (QED) is 0.785. The average molecular weight is 251 g/mol. The Morgan fingerprint density at radius 1 is 1.65 bits per heavy atom. The molecule has 1 saturated heterocycles. The van der Waals surface area contributed by atoms with Gasteiger partial charge in [-0.15, -0.1) is 0 Å². The summed E-state index contributed by atoms with van der Waals surface area (Å²) in [4.78, 5) is 13.2. The van der Waals surface area contributed by atoms with E-state index < -0.39 is 0 Å². The third kappa shape index (κ3) is 2.17. The van der Waals surface area contributed by atoms with Crippen LogP contribution >= 0.6 is 11.5 Å². The lowest BCUT2D eigenvalue weighted by Gasteiger charge is -2.31. The number of hydrogen-bond acceptors (Lipinski definition) is 6. The maximum atomic E-state index is 11.2. The number of nitriles is 1. The largest absolute Gasteiger partial charge is 0.382 e. The summed E-state index contributed by atoms with van der Waals surface area (Å²) in [6, 6.07) is 2.05. The Bertz CT molecular complexity index is 478. The maximum Gasteiger partial charge on any atom is 0.222 e. The number of rotatable bonds is 2. The molecule has 0 aliphatic carbocycles. The zero-order chi connectivity index (χ0) is 12.4. The van der Waals surface area contributed by atoms with E-state index in [-0.39, 0.29) is 17.6 Å². The van der Waals surface area contributed by atoms with Gasteiger partial charge in [0, 0.05) is 13.1 Å². The van der Waals surface area contributed by atoms with E-state index in [2.05, 4.69) is 10.4 Å². The van der Waals surface area contributed by atoms with Crippen LogP contribution in [-0.4, -0.2) is 23.4 Å². The van der Waals surface area contributed by atoms with Gasteiger partial charge in [-0.3, -0.25) is 4.79 Å². The Balaban J connectivity index is 2.22. The normalized spacial score (nSPS) is 19.9. The molecule has 0 aromatic carbocycles. The number of carbonyl (C=O) groups is 1. The first-order valence-corrected chi connectivity index (χ1v) is 6.10. The van der Waals surface area contributed by atoms with E-state index in [1.165, 1.54) is 11.5 Å². The van der Waals surface area contributed by atoms with Crippen molar-refractivity contribution in [3.05, 3.63) is 5.56 Å². The van der Waals surface area contributed by atoms with E-state index in [1.54, 1.807) is 0 Å². The van der Waals surface area contributed by atoms with E-state index >= 15 is 0 Å². The molecule has 1 aliphatic rings. The zero-order valence-electron chi connectivity index (χ0n) is 9.22. The minimum atomic E-state index is -0.286. The predicted octanol–water partition coefficient (Wildman–Crippen LogP) is 0.299. The number of piperidine rings is 1. The molecule has 1 aliphatic heterocycles. The van der Waals surface area contributed by atoms with Crippen molar-refractivity contribution in [2.75, 3.05) is 23.7 Å². The Morgan fingerprint density at radius 2 is 2.41 bits per heavy atom. The molecule has 4 N–H and O–H groups in total. The molecule has 1 fully saturated rings. The van der Waals surface area contributed by atoms with Gasteiger partial charge in [0.05, 0.1) is 5.92 Å². The van der Waals surface area contributed by atoms with E-state index in [1.807, 2.05) is 4.90 Å². The minimum absolute atomic E-state index is 0.154. The Labute approximate surface area is 103 Å². The summed E-state index contributed by atoms with van der Waals surface area (Å²) < 4.78 is 3.97. The fraction of sp³-hybridized carbons (Fsp3) is 0.500. The summed E-state index contributed by atoms with van der Waals surface area (Å²) >= 11 is 1.20. The molecule has 2 rings (SSSR count). The average Bonchev–Trinajstić information content (AvgIpc) is 2.70. The van der Waals surface area contributed by atoms with Crippen LogP contribution in [0.25, 0.3) is 0 Å². The highest BCUT2D eigenvalue weighted by Gasteiger charge is 2.27. The lowest BCUT2D eigenvalue weighted by molar-refractivity contribution is -0.122. The summed E-state index contributed by atoms with van der Waals surface area (Å²) in [6.45, 7) is 1.35. The van der Waals surface area contributed by atoms with Crippen LogP contribution in [0.2, 0.25) is 0 Å². The Kier molecular flexibility index (Phi) is 3.15. The standard InChI is InChI=1S/C10H13N5OS/c11-4-7-8(12)14-17-10(7)15-3-1-2-6(5-15)9(13)16/h6H,1-3,5H2,(H2,12,14)(H2,13,16). The molecular formula is C10H13N5OS. The van der Waals surface area contributed by atoms with Gasteiger partial charge < -0.3 is 16.4 Å². The fourth-order valence-corrected chi connectivity index (χ4v) is 2.81. The van der Waals surface area contributed by atoms with Crippen LogP contribution in [0.5, 0.6) is 0 Å². The highest BCUT2D eigenvalue weighted by Crippen LogP contribution is 2.32. The molecule has 0 radical (unpaired) electrons. The second-order valence-electron chi connectivity index (χ2n) is 4.05. The van der Waals surface area contributed by atoms with Crippen LogP contribution in [0.4, 0.5) is 10.8 Å². The van der Waals surface area contributed by atoms with Gasteiger partial charge in [-0.2, -0.15) is 9.64 Å². The Hall–Kier alpha value is -1.81. The molecule has 1 aromatic heterocycles. The van der Waals surface area contributed by atoms with Gasteiger partial charge in [0.1, 0.15) is 16.6 Å². The van der Waals surface area contributed by atoms with Crippen molar-refractivity contribution in [2.24, 2.45) is 11.7 Å². The second-order valence-corrected chi connectivity index (χ2v) is 4.80. The molecule has 1 amide bonds. The summed E-state index contributed by atoms with van der Waals surface area (Å²) in [5, 5.41) is 9.76. The number of anilines is 2. The first kappa shape index (κ1) is 11.7. The highest BCUT2D eigenvalue weighted by molar-refractivity contribution is 7.10. The number of nitrogens with two attached hydrogens (primary N) is 2. The van der Waals surface area contributed by atoms with Gasteiger partial charge in [0.25, 0.3) is 0 Å². The van der Waals surface area contributed by atoms with Gasteiger partial charge in [0.15, 0.2) is 5.82 Å². The number of amides is 1. The first-order valence-electron chi connectivity index (χ1n) is 5.33. The van der Waals surface area contributed by atoms with E-state index in [4.69, 9.17) is 16.7 Å². The lowest BCUT2D eigenvalue weighted by Crippen LogP contribution is -2.41. The van der Waals surface area contributed by atoms with Crippen LogP contribution in [0.15, 0.2) is 0 Å². The zero-order valence-corrected chi connectivity index (χ0v) is 10.0. The topological polar surface area (TPSA) is 109 Å². The van der Waals surface area contributed by atoms with Gasteiger partial charge >= 0.3 is 0 Å². The number of nitrogen functional groups attached to an aromatic ring is 1. The molecule has 1 atom stereocenters. The van der Waals surface area contributed by atoms with Crippen LogP contribution in [0, 0.1) is 17.2 Å². The van der Waals surface area contributed by atoms with Crippen molar-refractivity contribution < 1.29 is 4.79 Å². The van der Waals surface area contributed by atoms with Gasteiger partial charge in [-0.1, -0.05) is 0 Å². The number of nitrogens with zero attached hydrogens (tertiary/aromatic N) is 3. The van der Waals surface area contributed by atoms with Gasteiger partial charge in [0.2, 0.25) is 5.91 Å². The van der Waals surface area contributed by atoms with Crippen molar-refractivity contribution in [1.82, 2.24) is 4.37 Å². The van der Waals surface area contributed by atoms with Crippen LogP contribution in [0.3, 0.4) is 0 Å². The molecule has 1 unspecified atom stereocenters. The highest BCUT2D eigenvalue weighted by atomic mass is 32.1. The number of aromatic nitrogens is 1. The molecule has 90 valence electrons. The van der Waals surface area contributed by atoms with E-state index in [0.717, 1.165) is 24.4 Å². The first-order chi connectivity index (χ1) is 8.13. The van der Waals surface area contributed by atoms with Crippen molar-refractivity contribution in [2.45, 2.75) is 12.8 Å². The Morgan fingerprint density at radius 3 is 3.06 bits per heavy atom. The van der Waals surface area contributed by atoms with Crippen molar-refractivity contribution in [1.29, 1.82) is 5.26 Å². The second kappa shape index (κ2) is 4.59. The van der Waals surface area contributed by atoms with Crippen LogP contribution < -0.4 is 16.4 Å². The molecule has 17 heavy (non-hydrogen) atoms. The minimum Gasteiger partial charge on any atom is -0.382 e. The third-order valence-corrected chi connectivity index (χ3v) is 3.85. The molecule has 0 spiro atoms. The molecular weight excluding hydrogens is 238 g/mol. The molecule has 6 nitrogen and oxygen atoms in total. The SMILES string of the molecule is N#Cc1c(N)nsc1N1CCCC(C(N)=O)C1. The van der Waals surface area contributed by atoms with Gasteiger partial charge in [-0.25, -0.2) is 0 Å². The van der Waals surface area contributed by atoms with Crippen molar-refractivity contribution >= 4 is 28.3 Å². The fourth-order valence-electron chi connectivity index (χ4n) is 2.01. The number of carbonyl (C=O) groups excluding carboxylic acids is 1. The predicted molar refractivity (Wildman–Crippen MR) is 65.4 cm³/mol. The summed E-state index contributed by atoms with van der Waals surface area (Å²) in [6.07, 6.45) is 1.69. The van der Waals surface area contributed by atoms with Crippen LogP contribution in [-0.2, 0) is 4.79 Å². The number of hydrogen-bond donors (Lipinski definition) is 2. The maximum absolute atomic E-state index is 11.2. The smallest absolute Gasteiger partial charge is 0.222 e. The summed E-state index contributed by atoms with van der Waals surface area (Å²) in [5.41, 5.74) is 11.3. The van der Waals surface area contributed by atoms with Crippen molar-refractivity contribution in [3.63, 3.8) is 0 Å².